The van der Waals surface area contributed by atoms with E-state index in [9.17, 15) is 10.1 Å². The lowest BCUT2D eigenvalue weighted by Crippen LogP contribution is -2.48. The van der Waals surface area contributed by atoms with Crippen molar-refractivity contribution in [1.29, 1.82) is 10.5 Å². The van der Waals surface area contributed by atoms with Crippen LogP contribution in [0.25, 0.3) is 10.9 Å². The number of amides is 1. The molecule has 0 fully saturated rings. The molecule has 0 aliphatic heterocycles. The maximum atomic E-state index is 12.5. The molecular weight excluding hydrogens is 421 g/mol. The molecule has 140 valence electrons. The molecule has 6 nitrogen and oxygen atoms in total. The zero-order valence-electron chi connectivity index (χ0n) is 14.5. The van der Waals surface area contributed by atoms with E-state index in [4.69, 9.17) is 40.1 Å². The summed E-state index contributed by atoms with van der Waals surface area (Å²) in [6.07, 6.45) is 1.64. The Balaban J connectivity index is 1.86. The normalized spacial score (nSPS) is 12.8. The van der Waals surface area contributed by atoms with Crippen molar-refractivity contribution in [3.63, 3.8) is 0 Å². The average Bonchev–Trinajstić information content (AvgIpc) is 3.10. The first kappa shape index (κ1) is 20.0. The maximum absolute atomic E-state index is 12.5. The lowest BCUT2D eigenvalue weighted by molar-refractivity contribution is 0.0917. The summed E-state index contributed by atoms with van der Waals surface area (Å²) >= 11 is 18.4. The number of fused-ring (bicyclic) bond motifs is 1. The van der Waals surface area contributed by atoms with Crippen molar-refractivity contribution < 1.29 is 4.79 Å². The van der Waals surface area contributed by atoms with E-state index in [0.717, 1.165) is 0 Å². The molecule has 28 heavy (non-hydrogen) atoms. The highest BCUT2D eigenvalue weighted by molar-refractivity contribution is 6.47. The minimum Gasteiger partial charge on any atom is -0.332 e. The zero-order valence-corrected chi connectivity index (χ0v) is 16.8. The van der Waals surface area contributed by atoms with Crippen LogP contribution in [0.1, 0.15) is 22.8 Å². The van der Waals surface area contributed by atoms with E-state index >= 15 is 0 Å². The van der Waals surface area contributed by atoms with Crippen molar-refractivity contribution in [3.05, 3.63) is 62.7 Å². The summed E-state index contributed by atoms with van der Waals surface area (Å²) in [7, 11) is 0. The van der Waals surface area contributed by atoms with Gasteiger partial charge in [-0.2, -0.15) is 15.6 Å². The van der Waals surface area contributed by atoms with Gasteiger partial charge in [0.05, 0.1) is 39.3 Å². The third-order valence-corrected chi connectivity index (χ3v) is 5.17. The summed E-state index contributed by atoms with van der Waals surface area (Å²) < 4.78 is 1.49. The topological polar surface area (TPSA) is 94.5 Å². The number of carbonyl (C=O) groups is 1. The van der Waals surface area contributed by atoms with Gasteiger partial charge in [0, 0.05) is 17.1 Å². The largest absolute Gasteiger partial charge is 0.332 e. The van der Waals surface area contributed by atoms with Crippen LogP contribution in [0.4, 0.5) is 0 Å². The van der Waals surface area contributed by atoms with Gasteiger partial charge in [-0.15, -0.1) is 0 Å². The fourth-order valence-corrected chi connectivity index (χ4v) is 3.35. The predicted octanol–water partition coefficient (Wildman–Crippen LogP) is 4.58. The third kappa shape index (κ3) is 3.90. The van der Waals surface area contributed by atoms with Crippen LogP contribution in [0.2, 0.25) is 15.1 Å². The van der Waals surface area contributed by atoms with Crippen molar-refractivity contribution in [2.45, 2.75) is 19.0 Å². The molecule has 1 heterocycles. The van der Waals surface area contributed by atoms with Gasteiger partial charge in [-0.1, -0.05) is 34.8 Å². The number of halogens is 3. The SMILES string of the molecule is CC(C#N)(Cn1cc2c(Cl)cc(Cl)c(Cl)c2n1)NC(=O)c1ccc(C#N)cc1. The summed E-state index contributed by atoms with van der Waals surface area (Å²) in [5.74, 6) is -0.440. The predicted molar refractivity (Wildman–Crippen MR) is 107 cm³/mol. The van der Waals surface area contributed by atoms with E-state index in [1.807, 2.05) is 6.07 Å². The summed E-state index contributed by atoms with van der Waals surface area (Å²) in [4.78, 5) is 12.5. The number of hydrogen-bond acceptors (Lipinski definition) is 4. The van der Waals surface area contributed by atoms with E-state index in [1.54, 1.807) is 13.1 Å². The second kappa shape index (κ2) is 7.69. The van der Waals surface area contributed by atoms with Crippen molar-refractivity contribution >= 4 is 51.6 Å². The molecule has 9 heteroatoms. The first-order valence-corrected chi connectivity index (χ1v) is 9.14. The van der Waals surface area contributed by atoms with Crippen molar-refractivity contribution in [2.75, 3.05) is 0 Å². The second-order valence-electron chi connectivity index (χ2n) is 6.33. The van der Waals surface area contributed by atoms with Crippen LogP contribution in [-0.2, 0) is 6.54 Å². The van der Waals surface area contributed by atoms with Crippen molar-refractivity contribution in [3.8, 4) is 12.1 Å². The summed E-state index contributed by atoms with van der Waals surface area (Å²) in [6.45, 7) is 1.64. The highest BCUT2D eigenvalue weighted by atomic mass is 35.5. The van der Waals surface area contributed by atoms with Crippen LogP contribution in [-0.4, -0.2) is 21.2 Å². The van der Waals surface area contributed by atoms with Crippen LogP contribution in [0, 0.1) is 22.7 Å². The lowest BCUT2D eigenvalue weighted by Gasteiger charge is -2.23. The zero-order chi connectivity index (χ0) is 20.5. The molecule has 1 unspecified atom stereocenters. The third-order valence-electron chi connectivity index (χ3n) is 4.08. The van der Waals surface area contributed by atoms with Gasteiger partial charge in [0.1, 0.15) is 11.1 Å². The van der Waals surface area contributed by atoms with E-state index in [-0.39, 0.29) is 16.6 Å². The average molecular weight is 433 g/mol. The molecule has 2 aromatic carbocycles. The molecule has 0 aliphatic rings. The Bertz CT molecular complexity index is 1160. The van der Waals surface area contributed by atoms with Gasteiger partial charge >= 0.3 is 0 Å². The first-order valence-electron chi connectivity index (χ1n) is 8.01. The van der Waals surface area contributed by atoms with Crippen LogP contribution < -0.4 is 5.32 Å². The van der Waals surface area contributed by atoms with Gasteiger partial charge < -0.3 is 5.32 Å². The number of nitrogens with zero attached hydrogens (tertiary/aromatic N) is 4. The van der Waals surface area contributed by atoms with E-state index in [1.165, 1.54) is 35.0 Å². The van der Waals surface area contributed by atoms with Crippen LogP contribution in [0.3, 0.4) is 0 Å². The molecule has 1 amide bonds. The Morgan fingerprint density at radius 1 is 1.21 bits per heavy atom. The number of rotatable bonds is 4. The van der Waals surface area contributed by atoms with E-state index in [2.05, 4.69) is 16.5 Å². The summed E-state index contributed by atoms with van der Waals surface area (Å²) in [5, 5.41) is 27.0. The minimum atomic E-state index is -1.25. The maximum Gasteiger partial charge on any atom is 0.252 e. The summed E-state index contributed by atoms with van der Waals surface area (Å²) in [6, 6.07) is 11.7. The van der Waals surface area contributed by atoms with Gasteiger partial charge in [0.15, 0.2) is 0 Å². The highest BCUT2D eigenvalue weighted by Gasteiger charge is 2.28. The number of aromatic nitrogens is 2. The minimum absolute atomic E-state index is 0.0600. The smallest absolute Gasteiger partial charge is 0.252 e. The molecule has 1 N–H and O–H groups in total. The van der Waals surface area contributed by atoms with E-state index in [0.29, 0.717) is 27.1 Å². The standard InChI is InChI=1S/C19H12Cl3N5O/c1-19(9-24,25-18(28)12-4-2-11(7-23)3-5-12)10-27-8-13-14(20)6-15(21)16(22)17(13)26-27/h2-6,8H,10H2,1H3,(H,25,28). The Morgan fingerprint density at radius 3 is 2.50 bits per heavy atom. The molecule has 3 aromatic rings. The molecule has 0 saturated carbocycles. The quantitative estimate of drug-likeness (QED) is 0.610. The molecule has 0 aliphatic carbocycles. The fraction of sp³-hybridized carbons (Fsp3) is 0.158. The highest BCUT2D eigenvalue weighted by Crippen LogP contribution is 2.35. The van der Waals surface area contributed by atoms with Gasteiger partial charge in [0.2, 0.25) is 0 Å². The molecule has 0 spiro atoms. The van der Waals surface area contributed by atoms with Crippen LogP contribution in [0.5, 0.6) is 0 Å². The Labute approximate surface area is 175 Å². The fourth-order valence-electron chi connectivity index (χ4n) is 2.65. The monoisotopic (exact) mass is 431 g/mol. The Morgan fingerprint density at radius 2 is 1.89 bits per heavy atom. The molecular formula is C19H12Cl3N5O. The Kier molecular flexibility index (Phi) is 5.49. The number of carbonyl (C=O) groups excluding carboxylic acids is 1. The van der Waals surface area contributed by atoms with Crippen molar-refractivity contribution in [2.24, 2.45) is 0 Å². The molecule has 3 rings (SSSR count). The van der Waals surface area contributed by atoms with Crippen molar-refractivity contribution in [1.82, 2.24) is 15.1 Å². The number of nitrogens with one attached hydrogen (secondary N) is 1. The molecule has 0 radical (unpaired) electrons. The number of hydrogen-bond donors (Lipinski definition) is 1. The van der Waals surface area contributed by atoms with Gasteiger partial charge in [-0.3, -0.25) is 9.48 Å². The number of nitriles is 2. The first-order chi connectivity index (χ1) is 13.3. The lowest BCUT2D eigenvalue weighted by atomic mass is 10.0. The van der Waals surface area contributed by atoms with Gasteiger partial charge in [-0.05, 0) is 37.3 Å². The van der Waals surface area contributed by atoms with E-state index < -0.39 is 11.4 Å². The van der Waals surface area contributed by atoms with Gasteiger partial charge in [-0.25, -0.2) is 0 Å². The molecule has 0 saturated heterocycles. The summed E-state index contributed by atoms with van der Waals surface area (Å²) in [5.41, 5.74) is -0.0624. The van der Waals surface area contributed by atoms with Gasteiger partial charge in [0.25, 0.3) is 5.91 Å². The number of benzene rings is 2. The van der Waals surface area contributed by atoms with Crippen LogP contribution in [0.15, 0.2) is 36.5 Å². The second-order valence-corrected chi connectivity index (χ2v) is 7.52. The Hall–Kier alpha value is -2.77. The molecule has 1 aromatic heterocycles. The molecule has 1 atom stereocenters. The molecule has 0 bridgehead atoms. The van der Waals surface area contributed by atoms with Crippen LogP contribution >= 0.6 is 34.8 Å².